The fourth-order valence-electron chi connectivity index (χ4n) is 1.53. The number of aromatic amines is 1. The number of amides is 1. The third-order valence-electron chi connectivity index (χ3n) is 2.48. The number of halogens is 2. The van der Waals surface area contributed by atoms with E-state index in [4.69, 9.17) is 16.3 Å². The molecular formula is C12H11ClIN3O2. The van der Waals surface area contributed by atoms with Crippen LogP contribution in [-0.4, -0.2) is 23.0 Å². The van der Waals surface area contributed by atoms with E-state index >= 15 is 0 Å². The fraction of sp³-hybridized carbons (Fsp3) is 0.167. The molecule has 1 aromatic carbocycles. The molecule has 5 nitrogen and oxygen atoms in total. The molecule has 7 heteroatoms. The van der Waals surface area contributed by atoms with E-state index in [1.807, 2.05) is 0 Å². The Bertz CT molecular complexity index is 587. The number of aromatic nitrogens is 2. The number of rotatable bonds is 4. The number of methoxy groups -OCH3 is 1. The monoisotopic (exact) mass is 391 g/mol. The van der Waals surface area contributed by atoms with Crippen LogP contribution in [0.2, 0.25) is 5.02 Å². The van der Waals surface area contributed by atoms with E-state index in [0.29, 0.717) is 22.9 Å². The number of nitrogens with zero attached hydrogens (tertiary/aromatic N) is 1. The summed E-state index contributed by atoms with van der Waals surface area (Å²) >= 11 is 8.11. The van der Waals surface area contributed by atoms with E-state index in [9.17, 15) is 4.79 Å². The van der Waals surface area contributed by atoms with Crippen LogP contribution in [0.4, 0.5) is 0 Å². The van der Waals surface area contributed by atoms with Gasteiger partial charge in [0.05, 0.1) is 36.3 Å². The van der Waals surface area contributed by atoms with Gasteiger partial charge in [-0.2, -0.15) is 0 Å². The smallest absolute Gasteiger partial charge is 0.255 e. The Hall–Kier alpha value is -1.28. The summed E-state index contributed by atoms with van der Waals surface area (Å²) in [5.41, 5.74) is 1.23. The summed E-state index contributed by atoms with van der Waals surface area (Å²) in [7, 11) is 1.52. The molecule has 0 aliphatic rings. The molecule has 2 N–H and O–H groups in total. The molecule has 0 saturated carbocycles. The summed E-state index contributed by atoms with van der Waals surface area (Å²) in [5, 5.41) is 3.29. The second-order valence-corrected chi connectivity index (χ2v) is 5.30. The number of nitrogens with one attached hydrogen (secondary N) is 2. The normalized spacial score (nSPS) is 10.3. The molecule has 0 bridgehead atoms. The highest BCUT2D eigenvalue weighted by molar-refractivity contribution is 14.1. The predicted octanol–water partition coefficient (Wildman–Crippen LogP) is 2.61. The molecule has 0 radical (unpaired) electrons. The Morgan fingerprint density at radius 3 is 3.00 bits per heavy atom. The quantitative estimate of drug-likeness (QED) is 0.788. The van der Waals surface area contributed by atoms with Gasteiger partial charge in [0.15, 0.2) is 0 Å². The molecule has 0 aliphatic carbocycles. The van der Waals surface area contributed by atoms with Crippen LogP contribution in [0.1, 0.15) is 16.1 Å². The third-order valence-corrected chi connectivity index (χ3v) is 4.01. The lowest BCUT2D eigenvalue weighted by Gasteiger charge is -2.10. The number of imidazole rings is 1. The zero-order valence-electron chi connectivity index (χ0n) is 10.0. The first-order chi connectivity index (χ1) is 9.11. The highest BCUT2D eigenvalue weighted by Crippen LogP contribution is 2.28. The number of H-pyrrole nitrogens is 1. The van der Waals surface area contributed by atoms with Crippen LogP contribution in [-0.2, 0) is 6.54 Å². The summed E-state index contributed by atoms with van der Waals surface area (Å²) in [6.07, 6.45) is 3.21. The van der Waals surface area contributed by atoms with E-state index in [2.05, 4.69) is 37.9 Å². The van der Waals surface area contributed by atoms with Crippen molar-refractivity contribution >= 4 is 40.1 Å². The number of ether oxygens (including phenoxy) is 1. The molecule has 1 amide bonds. The second kappa shape index (κ2) is 6.25. The van der Waals surface area contributed by atoms with Crippen LogP contribution in [0, 0.1) is 3.57 Å². The Morgan fingerprint density at radius 1 is 1.58 bits per heavy atom. The Morgan fingerprint density at radius 2 is 2.37 bits per heavy atom. The summed E-state index contributed by atoms with van der Waals surface area (Å²) in [6, 6.07) is 3.33. The summed E-state index contributed by atoms with van der Waals surface area (Å²) in [5.74, 6) is 0.251. The van der Waals surface area contributed by atoms with E-state index in [0.717, 1.165) is 9.26 Å². The molecule has 0 aliphatic heterocycles. The standard InChI is InChI=1S/C12H11ClIN3O2/c1-19-11-3-10(14)9(13)2-8(11)12(18)16-5-7-4-15-6-17-7/h2-4,6H,5H2,1H3,(H,15,17)(H,16,18). The first-order valence-electron chi connectivity index (χ1n) is 5.40. The van der Waals surface area contributed by atoms with Gasteiger partial charge < -0.3 is 15.0 Å². The van der Waals surface area contributed by atoms with Gasteiger partial charge in [0.1, 0.15) is 5.75 Å². The van der Waals surface area contributed by atoms with Gasteiger partial charge in [-0.05, 0) is 34.7 Å². The molecule has 0 fully saturated rings. The van der Waals surface area contributed by atoms with Gasteiger partial charge in [0, 0.05) is 9.77 Å². The Labute approximate surface area is 128 Å². The molecule has 100 valence electrons. The molecule has 19 heavy (non-hydrogen) atoms. The van der Waals surface area contributed by atoms with E-state index < -0.39 is 0 Å². The maximum Gasteiger partial charge on any atom is 0.255 e. The van der Waals surface area contributed by atoms with Crippen molar-refractivity contribution in [2.45, 2.75) is 6.54 Å². The molecular weight excluding hydrogens is 381 g/mol. The lowest BCUT2D eigenvalue weighted by atomic mass is 10.2. The molecule has 2 aromatic rings. The van der Waals surface area contributed by atoms with Gasteiger partial charge in [0.2, 0.25) is 0 Å². The topological polar surface area (TPSA) is 67.0 Å². The number of carbonyl (C=O) groups excluding carboxylic acids is 1. The van der Waals surface area contributed by atoms with Crippen LogP contribution >= 0.6 is 34.2 Å². The third kappa shape index (κ3) is 3.38. The average molecular weight is 392 g/mol. The van der Waals surface area contributed by atoms with Crippen molar-refractivity contribution in [3.05, 3.63) is 44.5 Å². The van der Waals surface area contributed by atoms with Crippen molar-refractivity contribution in [1.82, 2.24) is 15.3 Å². The Balaban J connectivity index is 2.16. The van der Waals surface area contributed by atoms with Crippen molar-refractivity contribution in [2.75, 3.05) is 7.11 Å². The molecule has 0 atom stereocenters. The fourth-order valence-corrected chi connectivity index (χ4v) is 2.13. The predicted molar refractivity (Wildman–Crippen MR) is 80.5 cm³/mol. The number of hydrogen-bond donors (Lipinski definition) is 2. The van der Waals surface area contributed by atoms with Gasteiger partial charge in [-0.25, -0.2) is 4.98 Å². The highest BCUT2D eigenvalue weighted by Gasteiger charge is 2.15. The molecule has 2 rings (SSSR count). The minimum Gasteiger partial charge on any atom is -0.496 e. The molecule has 0 unspecified atom stereocenters. The molecule has 0 spiro atoms. The van der Waals surface area contributed by atoms with E-state index in [1.54, 1.807) is 24.7 Å². The lowest BCUT2D eigenvalue weighted by molar-refractivity contribution is 0.0947. The minimum atomic E-state index is -0.246. The van der Waals surface area contributed by atoms with Gasteiger partial charge >= 0.3 is 0 Å². The molecule has 0 saturated heterocycles. The summed E-state index contributed by atoms with van der Waals surface area (Å²) in [6.45, 7) is 0.367. The van der Waals surface area contributed by atoms with Crippen molar-refractivity contribution < 1.29 is 9.53 Å². The average Bonchev–Trinajstić information content (AvgIpc) is 2.91. The second-order valence-electron chi connectivity index (χ2n) is 3.73. The van der Waals surface area contributed by atoms with Gasteiger partial charge in [-0.3, -0.25) is 4.79 Å². The highest BCUT2D eigenvalue weighted by atomic mass is 127. The maximum absolute atomic E-state index is 12.1. The SMILES string of the molecule is COc1cc(I)c(Cl)cc1C(=O)NCc1cnc[nH]1. The summed E-state index contributed by atoms with van der Waals surface area (Å²) < 4.78 is 6.03. The first kappa shape index (κ1) is 14.1. The zero-order valence-corrected chi connectivity index (χ0v) is 12.9. The lowest BCUT2D eigenvalue weighted by Crippen LogP contribution is -2.23. The largest absolute Gasteiger partial charge is 0.496 e. The number of hydrogen-bond acceptors (Lipinski definition) is 3. The minimum absolute atomic E-state index is 0.246. The van der Waals surface area contributed by atoms with Crippen molar-refractivity contribution in [1.29, 1.82) is 0 Å². The number of benzene rings is 1. The van der Waals surface area contributed by atoms with Crippen LogP contribution in [0.15, 0.2) is 24.7 Å². The van der Waals surface area contributed by atoms with Crippen LogP contribution < -0.4 is 10.1 Å². The van der Waals surface area contributed by atoms with Crippen molar-refractivity contribution in [2.24, 2.45) is 0 Å². The van der Waals surface area contributed by atoms with Crippen molar-refractivity contribution in [3.63, 3.8) is 0 Å². The number of carbonyl (C=O) groups is 1. The maximum atomic E-state index is 12.1. The van der Waals surface area contributed by atoms with Crippen LogP contribution in [0.5, 0.6) is 5.75 Å². The summed E-state index contributed by atoms with van der Waals surface area (Å²) in [4.78, 5) is 18.9. The van der Waals surface area contributed by atoms with E-state index in [-0.39, 0.29) is 5.91 Å². The molecule has 1 heterocycles. The van der Waals surface area contributed by atoms with Gasteiger partial charge in [-0.1, -0.05) is 11.6 Å². The van der Waals surface area contributed by atoms with E-state index in [1.165, 1.54) is 7.11 Å². The Kier molecular flexibility index (Phi) is 4.65. The molecule has 1 aromatic heterocycles. The van der Waals surface area contributed by atoms with Crippen molar-refractivity contribution in [3.8, 4) is 5.75 Å². The first-order valence-corrected chi connectivity index (χ1v) is 6.86. The van der Waals surface area contributed by atoms with Gasteiger partial charge in [-0.15, -0.1) is 0 Å². The van der Waals surface area contributed by atoms with Crippen LogP contribution in [0.3, 0.4) is 0 Å². The van der Waals surface area contributed by atoms with Crippen LogP contribution in [0.25, 0.3) is 0 Å². The zero-order chi connectivity index (χ0) is 13.8. The van der Waals surface area contributed by atoms with Gasteiger partial charge in [0.25, 0.3) is 5.91 Å².